The standard InChI is InChI=1S/C23H32N4O5/c1-4-19(28)24-16-7-6-12-27(13-16)14-18-20(22(29)32-5-2)21(26-23(30)25-18)15-8-10-17(31-3)11-9-15/h8-11,16,21H,4-7,12-14H2,1-3H3,(H,24,28)(H2,25,26,30). The maximum Gasteiger partial charge on any atom is 0.338 e. The molecule has 0 spiro atoms. The minimum atomic E-state index is -0.635. The quantitative estimate of drug-likeness (QED) is 0.528. The zero-order valence-electron chi connectivity index (χ0n) is 18.9. The van der Waals surface area contributed by atoms with Crippen LogP contribution in [0, 0.1) is 0 Å². The fourth-order valence-corrected chi connectivity index (χ4v) is 4.11. The van der Waals surface area contributed by atoms with Crippen LogP contribution in [-0.4, -0.2) is 62.2 Å². The fraction of sp³-hybridized carbons (Fsp3) is 0.522. The van der Waals surface area contributed by atoms with Gasteiger partial charge < -0.3 is 25.4 Å². The molecule has 0 aliphatic carbocycles. The second-order valence-electron chi connectivity index (χ2n) is 7.91. The number of carbonyl (C=O) groups excluding carboxylic acids is 3. The smallest absolute Gasteiger partial charge is 0.338 e. The molecular formula is C23H32N4O5. The fourth-order valence-electron chi connectivity index (χ4n) is 4.11. The zero-order chi connectivity index (χ0) is 23.1. The monoisotopic (exact) mass is 444 g/mol. The zero-order valence-corrected chi connectivity index (χ0v) is 18.9. The van der Waals surface area contributed by atoms with Gasteiger partial charge in [0.2, 0.25) is 5.91 Å². The van der Waals surface area contributed by atoms with Crippen molar-refractivity contribution in [2.45, 2.75) is 45.2 Å². The number of rotatable bonds is 8. The third kappa shape index (κ3) is 5.79. The summed E-state index contributed by atoms with van der Waals surface area (Å²) in [6.07, 6.45) is 2.28. The Morgan fingerprint density at radius 3 is 2.62 bits per heavy atom. The minimum Gasteiger partial charge on any atom is -0.497 e. The Labute approximate surface area is 188 Å². The number of piperidine rings is 1. The van der Waals surface area contributed by atoms with Crippen molar-refractivity contribution in [3.8, 4) is 5.75 Å². The Morgan fingerprint density at radius 1 is 1.22 bits per heavy atom. The highest BCUT2D eigenvalue weighted by atomic mass is 16.5. The molecule has 3 rings (SSSR count). The number of likely N-dealkylation sites (tertiary alicyclic amines) is 1. The molecule has 2 aliphatic heterocycles. The first-order valence-electron chi connectivity index (χ1n) is 11.1. The highest BCUT2D eigenvalue weighted by Crippen LogP contribution is 2.29. The summed E-state index contributed by atoms with van der Waals surface area (Å²) in [4.78, 5) is 39.4. The van der Waals surface area contributed by atoms with E-state index in [0.29, 0.717) is 36.5 Å². The first kappa shape index (κ1) is 23.6. The van der Waals surface area contributed by atoms with E-state index in [1.807, 2.05) is 19.1 Å². The lowest BCUT2D eigenvalue weighted by atomic mass is 9.94. The molecule has 3 amide bonds. The van der Waals surface area contributed by atoms with Crippen LogP contribution in [0.5, 0.6) is 5.75 Å². The van der Waals surface area contributed by atoms with Crippen molar-refractivity contribution in [3.63, 3.8) is 0 Å². The molecule has 0 saturated carbocycles. The molecule has 174 valence electrons. The van der Waals surface area contributed by atoms with Crippen molar-refractivity contribution in [1.29, 1.82) is 0 Å². The number of methoxy groups -OCH3 is 1. The lowest BCUT2D eigenvalue weighted by molar-refractivity contribution is -0.139. The number of urea groups is 1. The maximum absolute atomic E-state index is 12.9. The number of esters is 1. The topological polar surface area (TPSA) is 109 Å². The van der Waals surface area contributed by atoms with Gasteiger partial charge in [0.25, 0.3) is 0 Å². The highest BCUT2D eigenvalue weighted by Gasteiger charge is 2.35. The van der Waals surface area contributed by atoms with Crippen molar-refractivity contribution in [2.75, 3.05) is 33.4 Å². The van der Waals surface area contributed by atoms with Gasteiger partial charge in [0.05, 0.1) is 25.3 Å². The molecule has 3 N–H and O–H groups in total. The Kier molecular flexibility index (Phi) is 8.10. The summed E-state index contributed by atoms with van der Waals surface area (Å²) >= 11 is 0. The summed E-state index contributed by atoms with van der Waals surface area (Å²) < 4.78 is 10.6. The molecule has 9 heteroatoms. The van der Waals surface area contributed by atoms with E-state index in [9.17, 15) is 14.4 Å². The van der Waals surface area contributed by atoms with Crippen LogP contribution < -0.4 is 20.7 Å². The van der Waals surface area contributed by atoms with Gasteiger partial charge in [0.15, 0.2) is 0 Å². The van der Waals surface area contributed by atoms with Crippen molar-refractivity contribution >= 4 is 17.9 Å². The predicted molar refractivity (Wildman–Crippen MR) is 119 cm³/mol. The van der Waals surface area contributed by atoms with Crippen LogP contribution in [0.3, 0.4) is 0 Å². The van der Waals surface area contributed by atoms with Gasteiger partial charge in [0, 0.05) is 31.2 Å². The largest absolute Gasteiger partial charge is 0.497 e. The van der Waals surface area contributed by atoms with Gasteiger partial charge in [-0.25, -0.2) is 9.59 Å². The average Bonchev–Trinajstić information content (AvgIpc) is 2.79. The number of benzene rings is 1. The van der Waals surface area contributed by atoms with Crippen LogP contribution in [0.15, 0.2) is 35.5 Å². The average molecular weight is 445 g/mol. The number of nitrogens with zero attached hydrogens (tertiary/aromatic N) is 1. The van der Waals surface area contributed by atoms with Crippen LogP contribution in [0.1, 0.15) is 44.7 Å². The van der Waals surface area contributed by atoms with Crippen LogP contribution in [-0.2, 0) is 14.3 Å². The van der Waals surface area contributed by atoms with Crippen LogP contribution in [0.25, 0.3) is 0 Å². The number of hydrogen-bond acceptors (Lipinski definition) is 6. The normalized spacial score (nSPS) is 21.4. The molecule has 32 heavy (non-hydrogen) atoms. The summed E-state index contributed by atoms with van der Waals surface area (Å²) in [5, 5.41) is 8.71. The lowest BCUT2D eigenvalue weighted by Gasteiger charge is -2.36. The number of nitrogens with one attached hydrogen (secondary N) is 3. The van der Waals surface area contributed by atoms with Gasteiger partial charge in [-0.2, -0.15) is 0 Å². The molecule has 0 radical (unpaired) electrons. The highest BCUT2D eigenvalue weighted by molar-refractivity contribution is 5.95. The van der Waals surface area contributed by atoms with Gasteiger partial charge in [-0.3, -0.25) is 9.69 Å². The van der Waals surface area contributed by atoms with E-state index >= 15 is 0 Å². The lowest BCUT2D eigenvalue weighted by Crippen LogP contribution is -2.52. The van der Waals surface area contributed by atoms with Gasteiger partial charge in [-0.15, -0.1) is 0 Å². The molecule has 1 aromatic carbocycles. The molecule has 1 saturated heterocycles. The predicted octanol–water partition coefficient (Wildman–Crippen LogP) is 1.86. The van der Waals surface area contributed by atoms with E-state index in [-0.39, 0.29) is 24.6 Å². The van der Waals surface area contributed by atoms with Crippen molar-refractivity contribution in [2.24, 2.45) is 0 Å². The molecule has 2 unspecified atom stereocenters. The van der Waals surface area contributed by atoms with E-state index in [4.69, 9.17) is 9.47 Å². The van der Waals surface area contributed by atoms with Gasteiger partial charge in [-0.1, -0.05) is 19.1 Å². The SMILES string of the molecule is CCOC(=O)C1=C(CN2CCCC(NC(=O)CC)C2)NC(=O)NC1c1ccc(OC)cc1. The minimum absolute atomic E-state index is 0.0259. The molecule has 2 atom stereocenters. The van der Waals surface area contributed by atoms with Crippen molar-refractivity contribution < 1.29 is 23.9 Å². The molecule has 2 aliphatic rings. The second kappa shape index (κ2) is 11.0. The van der Waals surface area contributed by atoms with Crippen LogP contribution >= 0.6 is 0 Å². The number of ether oxygens (including phenoxy) is 2. The molecule has 2 heterocycles. The third-order valence-corrected chi connectivity index (χ3v) is 5.67. The number of hydrogen-bond donors (Lipinski definition) is 3. The van der Waals surface area contributed by atoms with Crippen LogP contribution in [0.2, 0.25) is 0 Å². The molecule has 0 aromatic heterocycles. The summed E-state index contributed by atoms with van der Waals surface area (Å²) in [6, 6.07) is 6.27. The summed E-state index contributed by atoms with van der Waals surface area (Å²) in [5.41, 5.74) is 1.67. The first-order chi connectivity index (χ1) is 15.4. The third-order valence-electron chi connectivity index (χ3n) is 5.67. The number of carbonyl (C=O) groups is 3. The van der Waals surface area contributed by atoms with Crippen LogP contribution in [0.4, 0.5) is 4.79 Å². The Hall–Kier alpha value is -3.07. The van der Waals surface area contributed by atoms with E-state index in [1.54, 1.807) is 26.2 Å². The molecule has 1 aromatic rings. The van der Waals surface area contributed by atoms with Gasteiger partial charge in [-0.05, 0) is 44.0 Å². The van der Waals surface area contributed by atoms with Gasteiger partial charge in [0.1, 0.15) is 5.75 Å². The molecular weight excluding hydrogens is 412 g/mol. The van der Waals surface area contributed by atoms with E-state index in [2.05, 4.69) is 20.9 Å². The van der Waals surface area contributed by atoms with E-state index < -0.39 is 12.0 Å². The van der Waals surface area contributed by atoms with Gasteiger partial charge >= 0.3 is 12.0 Å². The van der Waals surface area contributed by atoms with E-state index in [0.717, 1.165) is 24.9 Å². The number of amides is 3. The molecule has 9 nitrogen and oxygen atoms in total. The first-order valence-corrected chi connectivity index (χ1v) is 11.1. The summed E-state index contributed by atoms with van der Waals surface area (Å²) in [5.74, 6) is 0.242. The van der Waals surface area contributed by atoms with Crippen molar-refractivity contribution in [1.82, 2.24) is 20.9 Å². The maximum atomic E-state index is 12.9. The Balaban J connectivity index is 1.88. The summed E-state index contributed by atoms with van der Waals surface area (Å²) in [7, 11) is 1.58. The summed E-state index contributed by atoms with van der Waals surface area (Å²) in [6.45, 7) is 5.66. The molecule has 1 fully saturated rings. The second-order valence-corrected chi connectivity index (χ2v) is 7.91. The molecule has 0 bridgehead atoms. The Morgan fingerprint density at radius 2 is 1.97 bits per heavy atom. The van der Waals surface area contributed by atoms with E-state index in [1.165, 1.54) is 0 Å². The van der Waals surface area contributed by atoms with Crippen molar-refractivity contribution in [3.05, 3.63) is 41.1 Å². The Bertz CT molecular complexity index is 868.